The third-order valence-corrected chi connectivity index (χ3v) is 5.33. The zero-order valence-corrected chi connectivity index (χ0v) is 9.72. The molecule has 0 aromatic carbocycles. The van der Waals surface area contributed by atoms with Gasteiger partial charge in [0.1, 0.15) is 0 Å². The van der Waals surface area contributed by atoms with Crippen LogP contribution in [0.25, 0.3) is 0 Å². The summed E-state index contributed by atoms with van der Waals surface area (Å²) in [6.07, 6.45) is 8.46. The maximum absolute atomic E-state index is 2.52. The predicted octanol–water partition coefficient (Wildman–Crippen LogP) is 4.02. The molecule has 3 aliphatic rings. The first kappa shape index (κ1) is 9.00. The van der Waals surface area contributed by atoms with Crippen LogP contribution in [0.4, 0.5) is 0 Å². The first-order chi connectivity index (χ1) is 6.67. The molecule has 4 atom stereocenters. The molecule has 1 spiro atoms. The molecule has 0 heteroatoms. The normalized spacial score (nSPS) is 50.0. The summed E-state index contributed by atoms with van der Waals surface area (Å²) in [5.41, 5.74) is 2.51. The molecule has 0 radical (unpaired) electrons. The van der Waals surface area contributed by atoms with Crippen LogP contribution in [-0.4, -0.2) is 0 Å². The van der Waals surface area contributed by atoms with Crippen LogP contribution < -0.4 is 0 Å². The molecule has 2 fully saturated rings. The highest BCUT2D eigenvalue weighted by atomic mass is 14.7. The van der Waals surface area contributed by atoms with Gasteiger partial charge in [-0.25, -0.2) is 0 Å². The first-order valence-corrected chi connectivity index (χ1v) is 6.33. The van der Waals surface area contributed by atoms with Gasteiger partial charge in [0.25, 0.3) is 0 Å². The number of hydrogen-bond acceptors (Lipinski definition) is 0. The number of rotatable bonds is 1. The maximum Gasteiger partial charge on any atom is -0.0107 e. The van der Waals surface area contributed by atoms with Crippen LogP contribution in [0.1, 0.15) is 46.5 Å². The molecule has 0 nitrogen and oxygen atoms in total. The highest BCUT2D eigenvalue weighted by Gasteiger charge is 2.69. The molecule has 0 heterocycles. The van der Waals surface area contributed by atoms with Gasteiger partial charge in [-0.05, 0) is 55.3 Å². The summed E-state index contributed by atoms with van der Waals surface area (Å²) in [4.78, 5) is 0. The summed E-state index contributed by atoms with van der Waals surface area (Å²) in [6, 6.07) is 0. The van der Waals surface area contributed by atoms with Crippen LogP contribution in [0.2, 0.25) is 0 Å². The molecular weight excluding hydrogens is 168 g/mol. The van der Waals surface area contributed by atoms with E-state index in [0.29, 0.717) is 0 Å². The molecule has 2 saturated carbocycles. The van der Waals surface area contributed by atoms with Crippen LogP contribution in [0, 0.1) is 29.1 Å². The average molecular weight is 190 g/mol. The van der Waals surface area contributed by atoms with E-state index in [1.165, 1.54) is 25.7 Å². The summed E-state index contributed by atoms with van der Waals surface area (Å²) in [6.45, 7) is 7.22. The molecule has 0 N–H and O–H groups in total. The molecule has 0 aliphatic heterocycles. The molecule has 14 heavy (non-hydrogen) atoms. The van der Waals surface area contributed by atoms with Crippen molar-refractivity contribution in [1.82, 2.24) is 0 Å². The van der Waals surface area contributed by atoms with Crippen molar-refractivity contribution in [1.29, 1.82) is 0 Å². The SMILES string of the molecule is CC1=CCC23CCC[C@@H](C(C)C)[C@@H]2C13. The highest BCUT2D eigenvalue weighted by molar-refractivity contribution is 5.34. The third-order valence-electron chi connectivity index (χ3n) is 5.33. The van der Waals surface area contributed by atoms with Gasteiger partial charge in [-0.2, -0.15) is 0 Å². The van der Waals surface area contributed by atoms with Gasteiger partial charge in [0.2, 0.25) is 0 Å². The molecule has 0 aromatic rings. The van der Waals surface area contributed by atoms with Crippen LogP contribution in [0.15, 0.2) is 11.6 Å². The molecular formula is C14H22. The second-order valence-electron chi connectivity index (χ2n) is 6.19. The average Bonchev–Trinajstić information content (AvgIpc) is 2.73. The molecule has 3 rings (SSSR count). The lowest BCUT2D eigenvalue weighted by molar-refractivity contribution is 0.205. The minimum atomic E-state index is 0.789. The topological polar surface area (TPSA) is 0 Å². The summed E-state index contributed by atoms with van der Waals surface area (Å²) in [5, 5.41) is 0. The van der Waals surface area contributed by atoms with E-state index in [4.69, 9.17) is 0 Å². The number of hydrogen-bond donors (Lipinski definition) is 0. The van der Waals surface area contributed by atoms with Crippen molar-refractivity contribution in [3.8, 4) is 0 Å². The van der Waals surface area contributed by atoms with Crippen molar-refractivity contribution < 1.29 is 0 Å². The number of allylic oxidation sites excluding steroid dienone is 2. The highest BCUT2D eigenvalue weighted by Crippen LogP contribution is 2.76. The molecule has 0 bridgehead atoms. The Bertz CT molecular complexity index is 286. The van der Waals surface area contributed by atoms with Gasteiger partial charge < -0.3 is 0 Å². The quantitative estimate of drug-likeness (QED) is 0.548. The standard InChI is InChI=1S/C14H22/c1-9(2)11-5-4-7-14-8-6-10(3)12(14)13(11)14/h6,9,11-13H,4-5,7-8H2,1-3H3/t11-,12?,13+,14?/m0/s1. The molecule has 0 amide bonds. The first-order valence-electron chi connectivity index (χ1n) is 6.33. The van der Waals surface area contributed by atoms with Crippen LogP contribution in [0.5, 0.6) is 0 Å². The van der Waals surface area contributed by atoms with Crippen molar-refractivity contribution in [3.63, 3.8) is 0 Å². The van der Waals surface area contributed by atoms with Gasteiger partial charge >= 0.3 is 0 Å². The Hall–Kier alpha value is -0.260. The lowest BCUT2D eigenvalue weighted by Crippen LogP contribution is -2.21. The van der Waals surface area contributed by atoms with Gasteiger partial charge in [0.15, 0.2) is 0 Å². The lowest BCUT2D eigenvalue weighted by atomic mass is 9.75. The maximum atomic E-state index is 2.52. The summed E-state index contributed by atoms with van der Waals surface area (Å²) in [5.74, 6) is 4.05. The Morgan fingerprint density at radius 2 is 2.21 bits per heavy atom. The van der Waals surface area contributed by atoms with Crippen molar-refractivity contribution >= 4 is 0 Å². The fraction of sp³-hybridized carbons (Fsp3) is 0.857. The van der Waals surface area contributed by atoms with Crippen LogP contribution >= 0.6 is 0 Å². The molecule has 0 aromatic heterocycles. The summed E-state index contributed by atoms with van der Waals surface area (Å²) in [7, 11) is 0. The van der Waals surface area contributed by atoms with E-state index in [9.17, 15) is 0 Å². The van der Waals surface area contributed by atoms with Gasteiger partial charge in [-0.1, -0.05) is 31.9 Å². The molecule has 2 unspecified atom stereocenters. The monoisotopic (exact) mass is 190 g/mol. The number of fused-ring (bicyclic) bond motifs is 1. The van der Waals surface area contributed by atoms with Crippen molar-refractivity contribution in [3.05, 3.63) is 11.6 Å². The minimum Gasteiger partial charge on any atom is -0.0847 e. The second kappa shape index (κ2) is 2.65. The largest absolute Gasteiger partial charge is 0.0847 e. The predicted molar refractivity (Wildman–Crippen MR) is 60.0 cm³/mol. The summed E-state index contributed by atoms with van der Waals surface area (Å²) < 4.78 is 0. The molecule has 78 valence electrons. The second-order valence-corrected chi connectivity index (χ2v) is 6.19. The van der Waals surface area contributed by atoms with Crippen molar-refractivity contribution in [2.75, 3.05) is 0 Å². The zero-order valence-electron chi connectivity index (χ0n) is 9.72. The van der Waals surface area contributed by atoms with E-state index >= 15 is 0 Å². The fourth-order valence-electron chi connectivity index (χ4n) is 4.69. The van der Waals surface area contributed by atoms with E-state index in [0.717, 1.165) is 29.1 Å². The van der Waals surface area contributed by atoms with E-state index in [1.54, 1.807) is 5.57 Å². The van der Waals surface area contributed by atoms with E-state index < -0.39 is 0 Å². The van der Waals surface area contributed by atoms with Gasteiger partial charge in [0.05, 0.1) is 0 Å². The van der Waals surface area contributed by atoms with E-state index in [2.05, 4.69) is 26.8 Å². The summed E-state index contributed by atoms with van der Waals surface area (Å²) >= 11 is 0. The van der Waals surface area contributed by atoms with Crippen molar-refractivity contribution in [2.24, 2.45) is 29.1 Å². The zero-order chi connectivity index (χ0) is 9.92. The Kier molecular flexibility index (Phi) is 1.70. The fourth-order valence-corrected chi connectivity index (χ4v) is 4.69. The molecule has 3 aliphatic carbocycles. The van der Waals surface area contributed by atoms with Crippen LogP contribution in [0.3, 0.4) is 0 Å². The lowest BCUT2D eigenvalue weighted by Gasteiger charge is -2.30. The molecule has 0 saturated heterocycles. The third kappa shape index (κ3) is 0.902. The van der Waals surface area contributed by atoms with Crippen molar-refractivity contribution in [2.45, 2.75) is 46.5 Å². The van der Waals surface area contributed by atoms with Crippen LogP contribution in [-0.2, 0) is 0 Å². The Labute approximate surface area is 87.8 Å². The minimum absolute atomic E-state index is 0.789. The van der Waals surface area contributed by atoms with E-state index in [-0.39, 0.29) is 0 Å². The van der Waals surface area contributed by atoms with Gasteiger partial charge in [-0.3, -0.25) is 0 Å². The van der Waals surface area contributed by atoms with Gasteiger partial charge in [-0.15, -0.1) is 0 Å². The smallest absolute Gasteiger partial charge is 0.0107 e. The van der Waals surface area contributed by atoms with E-state index in [1.807, 2.05) is 0 Å². The Balaban J connectivity index is 1.87. The Morgan fingerprint density at radius 1 is 1.43 bits per heavy atom. The Morgan fingerprint density at radius 3 is 2.93 bits per heavy atom. The van der Waals surface area contributed by atoms with Gasteiger partial charge in [0, 0.05) is 0 Å².